The molecule has 0 aliphatic rings. The van der Waals surface area contributed by atoms with Gasteiger partial charge < -0.3 is 15.1 Å². The van der Waals surface area contributed by atoms with Crippen molar-refractivity contribution in [2.45, 2.75) is 33.7 Å². The molecule has 4 nitrogen and oxygen atoms in total. The summed E-state index contributed by atoms with van der Waals surface area (Å²) in [6, 6.07) is 0.258. The molecule has 96 valence electrons. The Morgan fingerprint density at radius 3 is 2.00 bits per heavy atom. The van der Waals surface area contributed by atoms with Gasteiger partial charge in [-0.15, -0.1) is 0 Å². The smallest absolute Gasteiger partial charge is 0.317 e. The van der Waals surface area contributed by atoms with Crippen LogP contribution in [0, 0.1) is 5.92 Å². The van der Waals surface area contributed by atoms with E-state index < -0.39 is 0 Å². The number of nitrogens with one attached hydrogen (secondary N) is 1. The second-order valence-corrected chi connectivity index (χ2v) is 4.73. The molecule has 0 saturated carbocycles. The molecule has 1 unspecified atom stereocenters. The van der Waals surface area contributed by atoms with Gasteiger partial charge in [-0.05, 0) is 33.9 Å². The van der Waals surface area contributed by atoms with Crippen LogP contribution < -0.4 is 5.32 Å². The maximum Gasteiger partial charge on any atom is 0.317 e. The van der Waals surface area contributed by atoms with Gasteiger partial charge in [-0.1, -0.05) is 13.8 Å². The average molecular weight is 229 g/mol. The Morgan fingerprint density at radius 1 is 1.19 bits per heavy atom. The van der Waals surface area contributed by atoms with E-state index in [2.05, 4.69) is 24.1 Å². The molecule has 1 N–H and O–H groups in total. The van der Waals surface area contributed by atoms with Crippen molar-refractivity contribution >= 4 is 6.03 Å². The standard InChI is InChI=1S/C12H27N3O/c1-7-15(8-2)12(16)13-11(10(3)4)9-14(5)6/h10-11H,7-9H2,1-6H3,(H,13,16). The van der Waals surface area contributed by atoms with Crippen molar-refractivity contribution in [1.82, 2.24) is 15.1 Å². The summed E-state index contributed by atoms with van der Waals surface area (Å²) in [5.41, 5.74) is 0. The third-order valence-corrected chi connectivity index (χ3v) is 2.73. The Hall–Kier alpha value is -0.770. The molecule has 0 saturated heterocycles. The van der Waals surface area contributed by atoms with Crippen LogP contribution in [0.25, 0.3) is 0 Å². The van der Waals surface area contributed by atoms with E-state index in [4.69, 9.17) is 0 Å². The van der Waals surface area contributed by atoms with Crippen molar-refractivity contribution in [3.8, 4) is 0 Å². The number of rotatable bonds is 6. The molecule has 0 aliphatic heterocycles. The number of nitrogens with zero attached hydrogens (tertiary/aromatic N) is 2. The third kappa shape index (κ3) is 5.35. The average Bonchev–Trinajstić information content (AvgIpc) is 2.17. The van der Waals surface area contributed by atoms with E-state index in [0.29, 0.717) is 5.92 Å². The summed E-state index contributed by atoms with van der Waals surface area (Å²) in [5, 5.41) is 3.10. The number of carbonyl (C=O) groups excluding carboxylic acids is 1. The number of carbonyl (C=O) groups is 1. The number of hydrogen-bond donors (Lipinski definition) is 1. The molecule has 0 spiro atoms. The first-order valence-corrected chi connectivity index (χ1v) is 6.12. The minimum atomic E-state index is 0.0468. The maximum atomic E-state index is 11.9. The lowest BCUT2D eigenvalue weighted by molar-refractivity contribution is 0.189. The molecule has 2 amide bonds. The number of likely N-dealkylation sites (N-methyl/N-ethyl adjacent to an activating group) is 1. The molecule has 0 fully saturated rings. The van der Waals surface area contributed by atoms with Crippen LogP contribution in [-0.2, 0) is 0 Å². The minimum absolute atomic E-state index is 0.0468. The van der Waals surface area contributed by atoms with E-state index in [1.807, 2.05) is 32.8 Å². The fraction of sp³-hybridized carbons (Fsp3) is 0.917. The van der Waals surface area contributed by atoms with Crippen LogP contribution in [0.3, 0.4) is 0 Å². The fourth-order valence-corrected chi connectivity index (χ4v) is 1.58. The molecular weight excluding hydrogens is 202 g/mol. The Morgan fingerprint density at radius 2 is 1.69 bits per heavy atom. The summed E-state index contributed by atoms with van der Waals surface area (Å²) in [6.07, 6.45) is 0. The molecule has 4 heteroatoms. The predicted molar refractivity (Wildman–Crippen MR) is 68.6 cm³/mol. The highest BCUT2D eigenvalue weighted by Gasteiger charge is 2.19. The first-order valence-electron chi connectivity index (χ1n) is 6.12. The lowest BCUT2D eigenvalue weighted by Gasteiger charge is -2.28. The summed E-state index contributed by atoms with van der Waals surface area (Å²) in [4.78, 5) is 15.8. The van der Waals surface area contributed by atoms with Crippen molar-refractivity contribution in [2.24, 2.45) is 5.92 Å². The highest BCUT2D eigenvalue weighted by atomic mass is 16.2. The van der Waals surface area contributed by atoms with Gasteiger partial charge in [0, 0.05) is 25.7 Å². The second-order valence-electron chi connectivity index (χ2n) is 4.73. The van der Waals surface area contributed by atoms with Gasteiger partial charge in [0.25, 0.3) is 0 Å². The van der Waals surface area contributed by atoms with Crippen molar-refractivity contribution < 1.29 is 4.79 Å². The van der Waals surface area contributed by atoms with Gasteiger partial charge in [-0.25, -0.2) is 4.79 Å². The van der Waals surface area contributed by atoms with Gasteiger partial charge in [0.15, 0.2) is 0 Å². The Balaban J connectivity index is 4.33. The van der Waals surface area contributed by atoms with Gasteiger partial charge in [-0.3, -0.25) is 0 Å². The first kappa shape index (κ1) is 15.2. The van der Waals surface area contributed by atoms with Gasteiger partial charge in [0.05, 0.1) is 0 Å². The zero-order valence-corrected chi connectivity index (χ0v) is 11.6. The summed E-state index contributed by atoms with van der Waals surface area (Å²) >= 11 is 0. The van der Waals surface area contributed by atoms with Gasteiger partial charge in [-0.2, -0.15) is 0 Å². The molecule has 0 bridgehead atoms. The SMILES string of the molecule is CCN(CC)C(=O)NC(CN(C)C)C(C)C. The Kier molecular flexibility index (Phi) is 7.13. The van der Waals surface area contributed by atoms with E-state index in [-0.39, 0.29) is 12.1 Å². The molecular formula is C12H27N3O. The van der Waals surface area contributed by atoms with E-state index in [9.17, 15) is 4.79 Å². The fourth-order valence-electron chi connectivity index (χ4n) is 1.58. The number of hydrogen-bond acceptors (Lipinski definition) is 2. The van der Waals surface area contributed by atoms with Crippen LogP contribution in [0.15, 0.2) is 0 Å². The van der Waals surface area contributed by atoms with Crippen LogP contribution in [-0.4, -0.2) is 55.6 Å². The minimum Gasteiger partial charge on any atom is -0.334 e. The van der Waals surface area contributed by atoms with Gasteiger partial charge >= 0.3 is 6.03 Å². The van der Waals surface area contributed by atoms with Crippen LogP contribution in [0.5, 0.6) is 0 Å². The Labute approximate surface area is 100.0 Å². The first-order chi connectivity index (χ1) is 7.42. The third-order valence-electron chi connectivity index (χ3n) is 2.73. The lowest BCUT2D eigenvalue weighted by atomic mass is 10.0. The summed E-state index contributed by atoms with van der Waals surface area (Å²) < 4.78 is 0. The topological polar surface area (TPSA) is 35.6 Å². The van der Waals surface area contributed by atoms with Crippen LogP contribution in [0.4, 0.5) is 4.79 Å². The predicted octanol–water partition coefficient (Wildman–Crippen LogP) is 1.62. The van der Waals surface area contributed by atoms with Crippen LogP contribution >= 0.6 is 0 Å². The molecule has 0 heterocycles. The quantitative estimate of drug-likeness (QED) is 0.751. The zero-order valence-electron chi connectivity index (χ0n) is 11.6. The molecule has 0 aromatic heterocycles. The van der Waals surface area contributed by atoms with Gasteiger partial charge in [0.1, 0.15) is 0 Å². The van der Waals surface area contributed by atoms with E-state index in [1.165, 1.54) is 0 Å². The zero-order chi connectivity index (χ0) is 12.7. The van der Waals surface area contributed by atoms with Crippen molar-refractivity contribution in [3.05, 3.63) is 0 Å². The van der Waals surface area contributed by atoms with Crippen molar-refractivity contribution in [2.75, 3.05) is 33.7 Å². The molecule has 16 heavy (non-hydrogen) atoms. The van der Waals surface area contributed by atoms with E-state index in [0.717, 1.165) is 19.6 Å². The molecule has 0 aromatic carbocycles. The molecule has 0 radical (unpaired) electrons. The largest absolute Gasteiger partial charge is 0.334 e. The number of amides is 2. The van der Waals surface area contributed by atoms with E-state index in [1.54, 1.807) is 0 Å². The highest BCUT2D eigenvalue weighted by Crippen LogP contribution is 2.03. The molecule has 0 aromatic rings. The molecule has 0 aliphatic carbocycles. The lowest BCUT2D eigenvalue weighted by Crippen LogP contribution is -2.50. The normalized spacial score (nSPS) is 13.0. The number of urea groups is 1. The Bertz CT molecular complexity index is 200. The molecule has 0 rings (SSSR count). The van der Waals surface area contributed by atoms with Gasteiger partial charge in [0.2, 0.25) is 0 Å². The van der Waals surface area contributed by atoms with E-state index >= 15 is 0 Å². The summed E-state index contributed by atoms with van der Waals surface area (Å²) in [7, 11) is 4.05. The van der Waals surface area contributed by atoms with Crippen molar-refractivity contribution in [3.63, 3.8) is 0 Å². The highest BCUT2D eigenvalue weighted by molar-refractivity contribution is 5.74. The second kappa shape index (κ2) is 7.49. The molecule has 1 atom stereocenters. The summed E-state index contributed by atoms with van der Waals surface area (Å²) in [5.74, 6) is 0.446. The van der Waals surface area contributed by atoms with Crippen LogP contribution in [0.2, 0.25) is 0 Å². The summed E-state index contributed by atoms with van der Waals surface area (Å²) in [6.45, 7) is 10.7. The monoisotopic (exact) mass is 229 g/mol. The van der Waals surface area contributed by atoms with Crippen LogP contribution in [0.1, 0.15) is 27.7 Å². The van der Waals surface area contributed by atoms with Crippen molar-refractivity contribution in [1.29, 1.82) is 0 Å². The maximum absolute atomic E-state index is 11.9.